The highest BCUT2D eigenvalue weighted by Gasteiger charge is 2.07. The second kappa shape index (κ2) is 5.14. The van der Waals surface area contributed by atoms with Gasteiger partial charge in [0.25, 0.3) is 0 Å². The number of aliphatic hydroxyl groups is 1. The van der Waals surface area contributed by atoms with Gasteiger partial charge in [0.15, 0.2) is 5.82 Å². The van der Waals surface area contributed by atoms with Crippen molar-refractivity contribution in [1.29, 1.82) is 0 Å². The van der Waals surface area contributed by atoms with Crippen LogP contribution in [-0.2, 0) is 0 Å². The zero-order valence-corrected chi connectivity index (χ0v) is 10.2. The molecule has 0 aliphatic carbocycles. The van der Waals surface area contributed by atoms with E-state index in [9.17, 15) is 5.11 Å². The zero-order chi connectivity index (χ0) is 12.3. The average molecular weight is 234 g/mol. The summed E-state index contributed by atoms with van der Waals surface area (Å²) in [4.78, 5) is 4.27. The maximum absolute atomic E-state index is 9.68. The maximum atomic E-state index is 9.68. The van der Waals surface area contributed by atoms with Crippen molar-refractivity contribution >= 4 is 11.3 Å². The van der Waals surface area contributed by atoms with E-state index in [0.29, 0.717) is 6.54 Å². The monoisotopic (exact) mass is 234 g/mol. The van der Waals surface area contributed by atoms with Crippen LogP contribution in [0, 0.1) is 6.92 Å². The van der Waals surface area contributed by atoms with Gasteiger partial charge in [0.05, 0.1) is 11.8 Å². The number of fused-ring (bicyclic) bond motifs is 1. The van der Waals surface area contributed by atoms with Gasteiger partial charge in [-0.3, -0.25) is 0 Å². The van der Waals surface area contributed by atoms with Crippen molar-refractivity contribution in [1.82, 2.24) is 14.6 Å². The van der Waals surface area contributed by atoms with E-state index in [1.165, 1.54) is 0 Å². The van der Waals surface area contributed by atoms with Crippen molar-refractivity contribution in [2.75, 3.05) is 11.9 Å². The van der Waals surface area contributed by atoms with Gasteiger partial charge >= 0.3 is 0 Å². The van der Waals surface area contributed by atoms with E-state index in [1.807, 2.05) is 19.2 Å². The Morgan fingerprint density at radius 3 is 3.12 bits per heavy atom. The summed E-state index contributed by atoms with van der Waals surface area (Å²) in [5, 5.41) is 17.2. The minimum Gasteiger partial charge on any atom is -0.391 e. The molecule has 5 heteroatoms. The highest BCUT2D eigenvalue weighted by Crippen LogP contribution is 2.14. The van der Waals surface area contributed by atoms with Gasteiger partial charge in [-0.15, -0.1) is 0 Å². The lowest BCUT2D eigenvalue weighted by Crippen LogP contribution is -2.19. The van der Waals surface area contributed by atoms with Crippen molar-refractivity contribution in [2.45, 2.75) is 32.8 Å². The van der Waals surface area contributed by atoms with Crippen molar-refractivity contribution in [3.8, 4) is 0 Å². The molecule has 1 atom stereocenters. The Balaban J connectivity index is 2.12. The van der Waals surface area contributed by atoms with Gasteiger partial charge in [0.2, 0.25) is 0 Å². The summed E-state index contributed by atoms with van der Waals surface area (Å²) in [6.07, 6.45) is 4.97. The van der Waals surface area contributed by atoms with Crippen LogP contribution in [0.4, 0.5) is 5.82 Å². The maximum Gasteiger partial charge on any atom is 0.152 e. The van der Waals surface area contributed by atoms with Gasteiger partial charge in [0.1, 0.15) is 5.52 Å². The van der Waals surface area contributed by atoms with Crippen LogP contribution in [0.5, 0.6) is 0 Å². The van der Waals surface area contributed by atoms with Crippen LogP contribution in [0.25, 0.3) is 5.52 Å². The number of hydrogen-bond donors (Lipinski definition) is 2. The van der Waals surface area contributed by atoms with Crippen LogP contribution in [0.15, 0.2) is 18.5 Å². The van der Waals surface area contributed by atoms with Gasteiger partial charge in [0, 0.05) is 18.9 Å². The summed E-state index contributed by atoms with van der Waals surface area (Å²) in [5.41, 5.74) is 1.89. The van der Waals surface area contributed by atoms with E-state index >= 15 is 0 Å². The predicted octanol–water partition coefficient (Wildman–Crippen LogP) is 1.61. The third kappa shape index (κ3) is 2.74. The lowest BCUT2D eigenvalue weighted by molar-refractivity contribution is 0.176. The molecule has 5 nitrogen and oxygen atoms in total. The minimum atomic E-state index is -0.328. The molecule has 2 N–H and O–H groups in total. The minimum absolute atomic E-state index is 0.328. The summed E-state index contributed by atoms with van der Waals surface area (Å²) in [5.74, 6) is 0.767. The van der Waals surface area contributed by atoms with E-state index in [2.05, 4.69) is 22.3 Å². The standard InChI is InChI=1S/C12H18N4O/c1-3-4-10(17)8-14-12-11-7-9(2)15-16(11)6-5-13-12/h5-7,10,17H,3-4,8H2,1-2H3,(H,13,14). The molecule has 0 saturated carbocycles. The van der Waals surface area contributed by atoms with Crippen LogP contribution >= 0.6 is 0 Å². The number of hydrogen-bond acceptors (Lipinski definition) is 4. The van der Waals surface area contributed by atoms with Gasteiger partial charge in [-0.2, -0.15) is 5.10 Å². The first-order valence-corrected chi connectivity index (χ1v) is 5.93. The molecule has 0 radical (unpaired) electrons. The Hall–Kier alpha value is -1.62. The number of rotatable bonds is 5. The van der Waals surface area contributed by atoms with E-state index in [4.69, 9.17) is 0 Å². The first-order valence-electron chi connectivity index (χ1n) is 5.93. The second-order valence-electron chi connectivity index (χ2n) is 4.21. The molecule has 0 aliphatic rings. The molecule has 1 unspecified atom stereocenters. The van der Waals surface area contributed by atoms with Crippen molar-refractivity contribution < 1.29 is 5.11 Å². The number of aliphatic hydroxyl groups excluding tert-OH is 1. The Morgan fingerprint density at radius 1 is 1.53 bits per heavy atom. The van der Waals surface area contributed by atoms with Gasteiger partial charge in [-0.25, -0.2) is 9.50 Å². The molecule has 2 rings (SSSR count). The summed E-state index contributed by atoms with van der Waals surface area (Å²) in [7, 11) is 0. The molecule has 0 aromatic carbocycles. The summed E-state index contributed by atoms with van der Waals surface area (Å²) in [6.45, 7) is 4.52. The molecule has 17 heavy (non-hydrogen) atoms. The molecule has 2 heterocycles. The molecule has 0 fully saturated rings. The van der Waals surface area contributed by atoms with Crippen molar-refractivity contribution in [3.63, 3.8) is 0 Å². The van der Waals surface area contributed by atoms with E-state index in [1.54, 1.807) is 10.7 Å². The highest BCUT2D eigenvalue weighted by molar-refractivity contribution is 5.67. The molecular weight excluding hydrogens is 216 g/mol. The van der Waals surface area contributed by atoms with E-state index < -0.39 is 0 Å². The lowest BCUT2D eigenvalue weighted by Gasteiger charge is -2.11. The Labute approximate surface area is 100 Å². The molecule has 0 aliphatic heterocycles. The van der Waals surface area contributed by atoms with Crippen molar-refractivity contribution in [2.24, 2.45) is 0 Å². The summed E-state index contributed by atoms with van der Waals surface area (Å²) >= 11 is 0. The second-order valence-corrected chi connectivity index (χ2v) is 4.21. The smallest absolute Gasteiger partial charge is 0.152 e. The number of nitrogens with zero attached hydrogens (tertiary/aromatic N) is 3. The number of nitrogens with one attached hydrogen (secondary N) is 1. The molecule has 0 saturated heterocycles. The third-order valence-corrected chi connectivity index (χ3v) is 2.64. The quantitative estimate of drug-likeness (QED) is 0.825. The lowest BCUT2D eigenvalue weighted by atomic mass is 10.2. The fraction of sp³-hybridized carbons (Fsp3) is 0.500. The largest absolute Gasteiger partial charge is 0.391 e. The first kappa shape index (κ1) is 11.9. The number of anilines is 1. The van der Waals surface area contributed by atoms with Crippen LogP contribution < -0.4 is 5.32 Å². The molecule has 0 bridgehead atoms. The predicted molar refractivity (Wildman–Crippen MR) is 67.1 cm³/mol. The van der Waals surface area contributed by atoms with Crippen LogP contribution in [0.3, 0.4) is 0 Å². The van der Waals surface area contributed by atoms with Crippen LogP contribution in [0.2, 0.25) is 0 Å². The molecule has 92 valence electrons. The molecule has 2 aromatic heterocycles. The van der Waals surface area contributed by atoms with E-state index in [0.717, 1.165) is 29.9 Å². The van der Waals surface area contributed by atoms with Gasteiger partial charge in [-0.05, 0) is 19.4 Å². The van der Waals surface area contributed by atoms with Gasteiger partial charge < -0.3 is 10.4 Å². The normalized spacial score (nSPS) is 12.9. The Bertz CT molecular complexity index is 494. The molecule has 2 aromatic rings. The third-order valence-electron chi connectivity index (χ3n) is 2.64. The summed E-state index contributed by atoms with van der Waals surface area (Å²) in [6, 6.07) is 1.97. The average Bonchev–Trinajstić information content (AvgIpc) is 2.67. The molecular formula is C12H18N4O. The number of aryl methyl sites for hydroxylation is 1. The zero-order valence-electron chi connectivity index (χ0n) is 10.2. The molecule has 0 spiro atoms. The highest BCUT2D eigenvalue weighted by atomic mass is 16.3. The summed E-state index contributed by atoms with van der Waals surface area (Å²) < 4.78 is 1.79. The Morgan fingerprint density at radius 2 is 2.35 bits per heavy atom. The fourth-order valence-corrected chi connectivity index (χ4v) is 1.83. The molecule has 0 amide bonds. The van der Waals surface area contributed by atoms with Crippen molar-refractivity contribution in [3.05, 3.63) is 24.2 Å². The number of aromatic nitrogens is 3. The van der Waals surface area contributed by atoms with Gasteiger partial charge in [-0.1, -0.05) is 13.3 Å². The Kier molecular flexibility index (Phi) is 3.58. The fourth-order valence-electron chi connectivity index (χ4n) is 1.83. The van der Waals surface area contributed by atoms with E-state index in [-0.39, 0.29) is 6.10 Å². The van der Waals surface area contributed by atoms with Crippen LogP contribution in [-0.4, -0.2) is 32.4 Å². The SMILES string of the molecule is CCCC(O)CNc1nccn2nc(C)cc12. The van der Waals surface area contributed by atoms with Crippen LogP contribution in [0.1, 0.15) is 25.5 Å². The first-order chi connectivity index (χ1) is 8.20. The topological polar surface area (TPSA) is 62.5 Å².